The van der Waals surface area contributed by atoms with Crippen molar-refractivity contribution in [3.05, 3.63) is 108 Å². The number of benzene rings is 3. The molecule has 0 radical (unpaired) electrons. The van der Waals surface area contributed by atoms with Crippen LogP contribution >= 0.6 is 0 Å². The lowest BCUT2D eigenvalue weighted by molar-refractivity contribution is -0.156. The molecule has 3 aromatic rings. The molecule has 4 nitrogen and oxygen atoms in total. The summed E-state index contributed by atoms with van der Waals surface area (Å²) in [6.45, 7) is 0. The normalized spacial score (nSPS) is 13.7. The highest BCUT2D eigenvalue weighted by molar-refractivity contribution is 5.74. The van der Waals surface area contributed by atoms with E-state index in [4.69, 9.17) is 4.74 Å². The number of carboxylic acid groups (broad SMARTS) is 1. The molecule has 27 heavy (non-hydrogen) atoms. The van der Waals surface area contributed by atoms with Gasteiger partial charge in [-0.1, -0.05) is 91.0 Å². The highest BCUT2D eigenvalue weighted by atomic mass is 16.5. The quantitative estimate of drug-likeness (QED) is 0.632. The molecular formula is C23H22O4. The number of rotatable bonds is 7. The van der Waals surface area contributed by atoms with Gasteiger partial charge in [0.1, 0.15) is 6.10 Å². The van der Waals surface area contributed by atoms with Crippen molar-refractivity contribution >= 4 is 5.97 Å². The Morgan fingerprint density at radius 2 is 1.11 bits per heavy atom. The van der Waals surface area contributed by atoms with Crippen LogP contribution in [0.25, 0.3) is 0 Å². The predicted molar refractivity (Wildman–Crippen MR) is 104 cm³/mol. The minimum Gasteiger partial charge on any atom is -0.479 e. The molecule has 0 fully saturated rings. The molecule has 0 aliphatic carbocycles. The van der Waals surface area contributed by atoms with Crippen LogP contribution in [0.4, 0.5) is 0 Å². The summed E-state index contributed by atoms with van der Waals surface area (Å²) in [4.78, 5) is 11.7. The molecular weight excluding hydrogens is 340 g/mol. The monoisotopic (exact) mass is 362 g/mol. The number of aliphatic hydroxyl groups is 1. The van der Waals surface area contributed by atoms with Gasteiger partial charge in [0.15, 0.2) is 6.10 Å². The van der Waals surface area contributed by atoms with E-state index >= 15 is 0 Å². The second kappa shape index (κ2) is 8.16. The van der Waals surface area contributed by atoms with Gasteiger partial charge >= 0.3 is 5.97 Å². The summed E-state index contributed by atoms with van der Waals surface area (Å²) in [6, 6.07) is 28.7. The fraction of sp³-hybridized carbons (Fsp3) is 0.174. The summed E-state index contributed by atoms with van der Waals surface area (Å²) >= 11 is 0. The first-order chi connectivity index (χ1) is 13.1. The highest BCUT2D eigenvalue weighted by Gasteiger charge is 2.49. The van der Waals surface area contributed by atoms with Crippen LogP contribution in [-0.2, 0) is 14.9 Å². The van der Waals surface area contributed by atoms with Crippen molar-refractivity contribution in [2.24, 2.45) is 0 Å². The standard InChI is InChI=1S/C23H22O4/c1-27-21(20(24)22(25)26)23(17-11-5-2-6-12-17,18-13-7-3-8-14-18)19-15-9-4-10-16-19/h2-16,20-21,24H,1H3,(H,25,26). The van der Waals surface area contributed by atoms with E-state index in [1.165, 1.54) is 7.11 Å². The molecule has 0 saturated carbocycles. The van der Waals surface area contributed by atoms with Gasteiger partial charge in [-0.2, -0.15) is 0 Å². The molecule has 138 valence electrons. The van der Waals surface area contributed by atoms with E-state index in [2.05, 4.69) is 0 Å². The van der Waals surface area contributed by atoms with Crippen molar-refractivity contribution in [2.45, 2.75) is 17.6 Å². The van der Waals surface area contributed by atoms with E-state index in [0.717, 1.165) is 16.7 Å². The third-order valence-corrected chi connectivity index (χ3v) is 4.91. The number of methoxy groups -OCH3 is 1. The van der Waals surface area contributed by atoms with Crippen molar-refractivity contribution in [1.82, 2.24) is 0 Å². The molecule has 0 heterocycles. The maximum Gasteiger partial charge on any atom is 0.335 e. The van der Waals surface area contributed by atoms with E-state index in [0.29, 0.717) is 0 Å². The van der Waals surface area contributed by atoms with Crippen molar-refractivity contribution in [1.29, 1.82) is 0 Å². The molecule has 0 saturated heterocycles. The first-order valence-electron chi connectivity index (χ1n) is 8.72. The zero-order valence-corrected chi connectivity index (χ0v) is 15.0. The second-order valence-electron chi connectivity index (χ2n) is 6.35. The van der Waals surface area contributed by atoms with E-state index in [1.807, 2.05) is 91.0 Å². The van der Waals surface area contributed by atoms with Gasteiger partial charge in [-0.25, -0.2) is 4.79 Å². The molecule has 2 atom stereocenters. The molecule has 0 bridgehead atoms. The molecule has 2 unspecified atom stereocenters. The van der Waals surface area contributed by atoms with Crippen LogP contribution in [0.1, 0.15) is 16.7 Å². The lowest BCUT2D eigenvalue weighted by atomic mass is 9.64. The summed E-state index contributed by atoms with van der Waals surface area (Å²) in [7, 11) is 1.43. The molecule has 0 aromatic heterocycles. The van der Waals surface area contributed by atoms with E-state index in [1.54, 1.807) is 0 Å². The van der Waals surface area contributed by atoms with Gasteiger partial charge in [-0.15, -0.1) is 0 Å². The summed E-state index contributed by atoms with van der Waals surface area (Å²) in [5.41, 5.74) is 1.52. The molecule has 0 aliphatic heterocycles. The zero-order valence-electron chi connectivity index (χ0n) is 15.0. The zero-order chi connectivity index (χ0) is 19.3. The van der Waals surface area contributed by atoms with Crippen molar-refractivity contribution in [3.63, 3.8) is 0 Å². The summed E-state index contributed by atoms with van der Waals surface area (Å²) < 4.78 is 5.67. The summed E-state index contributed by atoms with van der Waals surface area (Å²) in [6.07, 6.45) is -2.75. The van der Waals surface area contributed by atoms with Crippen molar-refractivity contribution < 1.29 is 19.7 Å². The molecule has 4 heteroatoms. The van der Waals surface area contributed by atoms with Gasteiger partial charge < -0.3 is 14.9 Å². The Labute approximate surface area is 158 Å². The van der Waals surface area contributed by atoms with Crippen LogP contribution in [0.15, 0.2) is 91.0 Å². The Kier molecular flexibility index (Phi) is 5.69. The molecule has 0 amide bonds. The third kappa shape index (κ3) is 3.37. The molecule has 3 rings (SSSR count). The number of carbonyl (C=O) groups is 1. The minimum atomic E-state index is -1.71. The lowest BCUT2D eigenvalue weighted by Crippen LogP contribution is -2.52. The van der Waals surface area contributed by atoms with Crippen molar-refractivity contribution in [3.8, 4) is 0 Å². The maximum atomic E-state index is 11.7. The van der Waals surface area contributed by atoms with E-state index in [9.17, 15) is 15.0 Å². The van der Waals surface area contributed by atoms with Gasteiger partial charge in [-0.3, -0.25) is 0 Å². The average Bonchev–Trinajstić information content (AvgIpc) is 2.73. The Morgan fingerprint density at radius 3 is 1.37 bits per heavy atom. The van der Waals surface area contributed by atoms with Gasteiger partial charge in [-0.05, 0) is 16.7 Å². The number of hydrogen-bond donors (Lipinski definition) is 2. The Morgan fingerprint density at radius 1 is 0.778 bits per heavy atom. The average molecular weight is 362 g/mol. The predicted octanol–water partition coefficient (Wildman–Crippen LogP) is 3.48. The maximum absolute atomic E-state index is 11.7. The fourth-order valence-corrected chi connectivity index (χ4v) is 3.77. The van der Waals surface area contributed by atoms with Gasteiger partial charge in [0, 0.05) is 7.11 Å². The SMILES string of the molecule is COC(C(O)C(=O)O)C(c1ccccc1)(c1ccccc1)c1ccccc1. The lowest BCUT2D eigenvalue weighted by Gasteiger charge is -2.42. The third-order valence-electron chi connectivity index (χ3n) is 4.91. The summed E-state index contributed by atoms with van der Waals surface area (Å²) in [5, 5.41) is 20.1. The number of ether oxygens (including phenoxy) is 1. The Bertz CT molecular complexity index is 766. The van der Waals surface area contributed by atoms with Crippen LogP contribution in [0.2, 0.25) is 0 Å². The smallest absolute Gasteiger partial charge is 0.335 e. The molecule has 3 aromatic carbocycles. The largest absolute Gasteiger partial charge is 0.479 e. The molecule has 0 aliphatic rings. The number of aliphatic carboxylic acids is 1. The second-order valence-corrected chi connectivity index (χ2v) is 6.35. The van der Waals surface area contributed by atoms with Gasteiger partial charge in [0.25, 0.3) is 0 Å². The van der Waals surface area contributed by atoms with Crippen LogP contribution in [0, 0.1) is 0 Å². The number of aliphatic hydroxyl groups excluding tert-OH is 1. The van der Waals surface area contributed by atoms with E-state index in [-0.39, 0.29) is 0 Å². The van der Waals surface area contributed by atoms with Gasteiger partial charge in [0.2, 0.25) is 0 Å². The molecule has 0 spiro atoms. The Balaban J connectivity index is 2.41. The first-order valence-corrected chi connectivity index (χ1v) is 8.72. The Hall–Kier alpha value is -2.95. The van der Waals surface area contributed by atoms with Crippen molar-refractivity contribution in [2.75, 3.05) is 7.11 Å². The van der Waals surface area contributed by atoms with E-state index < -0.39 is 23.6 Å². The van der Waals surface area contributed by atoms with Crippen LogP contribution in [-0.4, -0.2) is 35.5 Å². The van der Waals surface area contributed by atoms with Gasteiger partial charge in [0.05, 0.1) is 5.41 Å². The fourth-order valence-electron chi connectivity index (χ4n) is 3.77. The van der Waals surface area contributed by atoms with Crippen LogP contribution in [0.5, 0.6) is 0 Å². The number of carboxylic acids is 1. The van der Waals surface area contributed by atoms with Crippen LogP contribution in [0.3, 0.4) is 0 Å². The topological polar surface area (TPSA) is 66.8 Å². The highest BCUT2D eigenvalue weighted by Crippen LogP contribution is 2.44. The summed E-state index contributed by atoms with van der Waals surface area (Å²) in [5.74, 6) is -1.32. The number of hydrogen-bond acceptors (Lipinski definition) is 3. The van der Waals surface area contributed by atoms with Crippen LogP contribution < -0.4 is 0 Å². The molecule has 2 N–H and O–H groups in total. The first kappa shape index (κ1) is 18.8. The minimum absolute atomic E-state index is 0.842.